The minimum Gasteiger partial charge on any atom is -0.352 e. The predicted octanol–water partition coefficient (Wildman–Crippen LogP) is 5.18. The fraction of sp³-hybridized carbons (Fsp3) is 0.667. The molecule has 0 saturated heterocycles. The normalized spacial score (nSPS) is 25.4. The van der Waals surface area contributed by atoms with E-state index in [0.29, 0.717) is 23.3 Å². The van der Waals surface area contributed by atoms with Crippen LogP contribution in [0.5, 0.6) is 0 Å². The smallest absolute Gasteiger partial charge is 0.223 e. The quantitative estimate of drug-likeness (QED) is 0.814. The SMILES string of the molecule is CC(C)C1(C(C)(C)C)CCC(C(=O)NCc2ccccc2)CC1. The van der Waals surface area contributed by atoms with Crippen molar-refractivity contribution < 1.29 is 4.79 Å². The summed E-state index contributed by atoms with van der Waals surface area (Å²) in [6.45, 7) is 12.4. The fourth-order valence-corrected chi connectivity index (χ4v) is 4.52. The first-order chi connectivity index (χ1) is 10.8. The Morgan fingerprint density at radius 3 is 2.22 bits per heavy atom. The molecule has 23 heavy (non-hydrogen) atoms. The van der Waals surface area contributed by atoms with E-state index < -0.39 is 0 Å². The average molecular weight is 316 g/mol. The van der Waals surface area contributed by atoms with E-state index in [1.165, 1.54) is 5.56 Å². The monoisotopic (exact) mass is 315 g/mol. The molecule has 128 valence electrons. The van der Waals surface area contributed by atoms with Crippen molar-refractivity contribution in [3.05, 3.63) is 35.9 Å². The molecule has 0 unspecified atom stereocenters. The van der Waals surface area contributed by atoms with E-state index >= 15 is 0 Å². The van der Waals surface area contributed by atoms with Crippen molar-refractivity contribution in [3.8, 4) is 0 Å². The van der Waals surface area contributed by atoms with Crippen molar-refractivity contribution in [2.45, 2.75) is 66.8 Å². The first-order valence-electron chi connectivity index (χ1n) is 9.08. The molecule has 0 atom stereocenters. The Hall–Kier alpha value is -1.31. The summed E-state index contributed by atoms with van der Waals surface area (Å²) in [5.41, 5.74) is 1.83. The second-order valence-electron chi connectivity index (χ2n) is 8.54. The zero-order chi connectivity index (χ0) is 17.1. The lowest BCUT2D eigenvalue weighted by atomic mass is 9.53. The maximum atomic E-state index is 12.5. The maximum absolute atomic E-state index is 12.5. The van der Waals surface area contributed by atoms with Crippen molar-refractivity contribution in [1.82, 2.24) is 5.32 Å². The van der Waals surface area contributed by atoms with Crippen LogP contribution in [-0.2, 0) is 11.3 Å². The van der Waals surface area contributed by atoms with Gasteiger partial charge in [-0.25, -0.2) is 0 Å². The summed E-state index contributed by atoms with van der Waals surface area (Å²) in [6.07, 6.45) is 4.38. The second-order valence-corrected chi connectivity index (χ2v) is 8.54. The summed E-state index contributed by atoms with van der Waals surface area (Å²) in [6, 6.07) is 10.2. The molecule has 0 heterocycles. The zero-order valence-corrected chi connectivity index (χ0v) is 15.5. The molecule has 1 N–H and O–H groups in total. The maximum Gasteiger partial charge on any atom is 0.223 e. The minimum atomic E-state index is 0.188. The first-order valence-corrected chi connectivity index (χ1v) is 9.08. The lowest BCUT2D eigenvalue weighted by molar-refractivity contribution is -0.128. The summed E-state index contributed by atoms with van der Waals surface area (Å²) < 4.78 is 0. The van der Waals surface area contributed by atoms with Gasteiger partial charge in [-0.2, -0.15) is 0 Å². The van der Waals surface area contributed by atoms with E-state index in [1.54, 1.807) is 0 Å². The van der Waals surface area contributed by atoms with Crippen LogP contribution in [0.15, 0.2) is 30.3 Å². The largest absolute Gasteiger partial charge is 0.352 e. The molecule has 0 radical (unpaired) electrons. The van der Waals surface area contributed by atoms with Crippen LogP contribution in [0.3, 0.4) is 0 Å². The molecule has 0 aliphatic heterocycles. The van der Waals surface area contributed by atoms with E-state index in [4.69, 9.17) is 0 Å². The lowest BCUT2D eigenvalue weighted by Crippen LogP contribution is -2.45. The van der Waals surface area contributed by atoms with Gasteiger partial charge in [0.1, 0.15) is 0 Å². The van der Waals surface area contributed by atoms with E-state index in [-0.39, 0.29) is 11.8 Å². The minimum absolute atomic E-state index is 0.188. The highest BCUT2D eigenvalue weighted by molar-refractivity contribution is 5.78. The van der Waals surface area contributed by atoms with Crippen LogP contribution >= 0.6 is 0 Å². The number of carbonyl (C=O) groups excluding carboxylic acids is 1. The number of amides is 1. The predicted molar refractivity (Wildman–Crippen MR) is 97.0 cm³/mol. The Bertz CT molecular complexity index is 504. The fourth-order valence-electron chi connectivity index (χ4n) is 4.52. The van der Waals surface area contributed by atoms with Crippen LogP contribution in [0, 0.1) is 22.7 Å². The highest BCUT2D eigenvalue weighted by atomic mass is 16.1. The topological polar surface area (TPSA) is 29.1 Å². The number of carbonyl (C=O) groups is 1. The molecule has 0 bridgehead atoms. The first kappa shape index (κ1) is 18.0. The third kappa shape index (κ3) is 3.97. The highest BCUT2D eigenvalue weighted by Crippen LogP contribution is 2.55. The molecule has 1 aromatic carbocycles. The van der Waals surface area contributed by atoms with Gasteiger partial charge in [-0.3, -0.25) is 4.79 Å². The van der Waals surface area contributed by atoms with E-state index in [0.717, 1.165) is 25.7 Å². The molecule has 1 amide bonds. The van der Waals surface area contributed by atoms with Crippen molar-refractivity contribution >= 4 is 5.91 Å². The summed E-state index contributed by atoms with van der Waals surface area (Å²) in [4.78, 5) is 12.5. The van der Waals surface area contributed by atoms with Crippen molar-refractivity contribution in [1.29, 1.82) is 0 Å². The summed E-state index contributed by atoms with van der Waals surface area (Å²) in [5.74, 6) is 1.09. The summed E-state index contributed by atoms with van der Waals surface area (Å²) in [7, 11) is 0. The van der Waals surface area contributed by atoms with Gasteiger partial charge in [0.05, 0.1) is 0 Å². The molecule has 1 saturated carbocycles. The van der Waals surface area contributed by atoms with Crippen LogP contribution < -0.4 is 5.32 Å². The molecule has 0 spiro atoms. The Morgan fingerprint density at radius 1 is 1.17 bits per heavy atom. The lowest BCUT2D eigenvalue weighted by Gasteiger charge is -2.52. The van der Waals surface area contributed by atoms with Crippen LogP contribution in [0.4, 0.5) is 0 Å². The Labute approximate surface area is 142 Å². The van der Waals surface area contributed by atoms with Crippen molar-refractivity contribution in [2.75, 3.05) is 0 Å². The Kier molecular flexibility index (Phi) is 5.54. The molecule has 1 aliphatic carbocycles. The molecular formula is C21H33NO. The van der Waals surface area contributed by atoms with Gasteiger partial charge < -0.3 is 5.32 Å². The van der Waals surface area contributed by atoms with Gasteiger partial charge in [-0.15, -0.1) is 0 Å². The van der Waals surface area contributed by atoms with Crippen LogP contribution in [-0.4, -0.2) is 5.91 Å². The average Bonchev–Trinajstić information content (AvgIpc) is 2.52. The third-order valence-corrected chi connectivity index (χ3v) is 6.16. The Morgan fingerprint density at radius 2 is 1.74 bits per heavy atom. The summed E-state index contributed by atoms with van der Waals surface area (Å²) in [5, 5.41) is 3.13. The second kappa shape index (κ2) is 7.07. The molecule has 2 heteroatoms. The Balaban J connectivity index is 1.92. The molecular weight excluding hydrogens is 282 g/mol. The van der Waals surface area contributed by atoms with Gasteiger partial charge >= 0.3 is 0 Å². The number of benzene rings is 1. The molecule has 1 aromatic rings. The number of rotatable bonds is 4. The van der Waals surface area contributed by atoms with Gasteiger partial charge in [-0.05, 0) is 48.0 Å². The molecule has 1 fully saturated rings. The van der Waals surface area contributed by atoms with Crippen LogP contribution in [0.1, 0.15) is 65.9 Å². The van der Waals surface area contributed by atoms with Crippen LogP contribution in [0.2, 0.25) is 0 Å². The molecule has 2 nitrogen and oxygen atoms in total. The van der Waals surface area contributed by atoms with Gasteiger partial charge in [0.25, 0.3) is 0 Å². The van der Waals surface area contributed by atoms with Gasteiger partial charge in [0.15, 0.2) is 0 Å². The van der Waals surface area contributed by atoms with Gasteiger partial charge in [0, 0.05) is 12.5 Å². The van der Waals surface area contributed by atoms with E-state index in [2.05, 4.69) is 52.1 Å². The number of hydrogen-bond acceptors (Lipinski definition) is 1. The van der Waals surface area contributed by atoms with E-state index in [9.17, 15) is 4.79 Å². The standard InChI is InChI=1S/C21H33NO/c1-16(2)21(20(3,4)5)13-11-18(12-14-21)19(23)22-15-17-9-7-6-8-10-17/h6-10,16,18H,11-15H2,1-5H3,(H,22,23). The van der Waals surface area contributed by atoms with Gasteiger partial charge in [0.2, 0.25) is 5.91 Å². The number of hydrogen-bond donors (Lipinski definition) is 1. The van der Waals surface area contributed by atoms with E-state index in [1.807, 2.05) is 18.2 Å². The van der Waals surface area contributed by atoms with Crippen LogP contribution in [0.25, 0.3) is 0 Å². The molecule has 1 aliphatic rings. The molecule has 2 rings (SSSR count). The van der Waals surface area contributed by atoms with Crippen molar-refractivity contribution in [2.24, 2.45) is 22.7 Å². The zero-order valence-electron chi connectivity index (χ0n) is 15.5. The third-order valence-electron chi connectivity index (χ3n) is 6.16. The highest BCUT2D eigenvalue weighted by Gasteiger charge is 2.47. The number of nitrogens with one attached hydrogen (secondary N) is 1. The summed E-state index contributed by atoms with van der Waals surface area (Å²) >= 11 is 0. The molecule has 0 aromatic heterocycles. The van der Waals surface area contributed by atoms with Gasteiger partial charge in [-0.1, -0.05) is 65.0 Å². The van der Waals surface area contributed by atoms with Crippen molar-refractivity contribution in [3.63, 3.8) is 0 Å².